The van der Waals surface area contributed by atoms with Crippen LogP contribution in [0.25, 0.3) is 11.0 Å². The summed E-state index contributed by atoms with van der Waals surface area (Å²) in [6.45, 7) is 10.4. The smallest absolute Gasteiger partial charge is 0.496 e. The second kappa shape index (κ2) is 10.3. The zero-order valence-corrected chi connectivity index (χ0v) is 22.9. The monoisotopic (exact) mass is 533 g/mol. The van der Waals surface area contributed by atoms with Gasteiger partial charge in [0.25, 0.3) is 0 Å². The van der Waals surface area contributed by atoms with E-state index in [2.05, 4.69) is 35.4 Å². The number of hydrogen-bond donors (Lipinski definition) is 2. The van der Waals surface area contributed by atoms with Crippen molar-refractivity contribution in [1.29, 1.82) is 0 Å². The summed E-state index contributed by atoms with van der Waals surface area (Å²) in [7, 11) is 1.64. The lowest BCUT2D eigenvalue weighted by atomic mass is 9.70. The molecule has 208 valence electrons. The van der Waals surface area contributed by atoms with Crippen LogP contribution in [-0.2, 0) is 6.42 Å². The highest BCUT2D eigenvalue weighted by Gasteiger charge is 2.35. The highest BCUT2D eigenvalue weighted by molar-refractivity contribution is 5.83. The highest BCUT2D eigenvalue weighted by Crippen LogP contribution is 2.46. The Morgan fingerprint density at radius 3 is 2.39 bits per heavy atom. The molecule has 38 heavy (non-hydrogen) atoms. The first-order valence-electron chi connectivity index (χ1n) is 13.1. The number of methoxy groups -OCH3 is 1. The summed E-state index contributed by atoms with van der Waals surface area (Å²) >= 11 is 0. The number of halogens is 3. The van der Waals surface area contributed by atoms with Crippen LogP contribution in [0.5, 0.6) is 11.5 Å². The maximum Gasteiger partial charge on any atom is 0.573 e. The van der Waals surface area contributed by atoms with Crippen molar-refractivity contribution < 1.29 is 27.8 Å². The number of benzene rings is 2. The summed E-state index contributed by atoms with van der Waals surface area (Å²) in [6.07, 6.45) is -0.434. The molecule has 1 fully saturated rings. The molecule has 2 atom stereocenters. The molecule has 9 heteroatoms. The van der Waals surface area contributed by atoms with Gasteiger partial charge in [-0.2, -0.15) is 0 Å². The van der Waals surface area contributed by atoms with Crippen LogP contribution >= 0.6 is 0 Å². The Morgan fingerprint density at radius 1 is 1.13 bits per heavy atom. The molecule has 4 rings (SSSR count). The first-order chi connectivity index (χ1) is 17.6. The second-order valence-electron chi connectivity index (χ2n) is 12.0. The lowest BCUT2D eigenvalue weighted by Crippen LogP contribution is -2.29. The summed E-state index contributed by atoms with van der Waals surface area (Å²) in [5, 5.41) is 13.6. The average Bonchev–Trinajstić information content (AvgIpc) is 3.12. The van der Waals surface area contributed by atoms with Gasteiger partial charge in [-0.3, -0.25) is 0 Å². The molecular formula is C29H38F3N3O3. The van der Waals surface area contributed by atoms with Gasteiger partial charge in [-0.05, 0) is 93.2 Å². The normalized spacial score (nSPS) is 19.9. The number of nitrogens with one attached hydrogen (secondary N) is 1. The fourth-order valence-electron chi connectivity index (χ4n) is 5.81. The number of alkyl halides is 3. The van der Waals surface area contributed by atoms with Crippen molar-refractivity contribution in [3.63, 3.8) is 0 Å². The fraction of sp³-hybridized carbons (Fsp3) is 0.552. The maximum atomic E-state index is 12.6. The van der Waals surface area contributed by atoms with E-state index >= 15 is 0 Å². The zero-order valence-electron chi connectivity index (χ0n) is 22.9. The summed E-state index contributed by atoms with van der Waals surface area (Å²) in [5.41, 5.74) is 2.65. The van der Waals surface area contributed by atoms with Crippen molar-refractivity contribution >= 4 is 22.7 Å². The number of aliphatic hydroxyl groups is 1. The first kappa shape index (κ1) is 28.1. The number of fused-ring (bicyclic) bond motifs is 1. The Labute approximate surface area is 222 Å². The van der Waals surface area contributed by atoms with Gasteiger partial charge in [0.2, 0.25) is 5.95 Å². The van der Waals surface area contributed by atoms with Crippen molar-refractivity contribution in [3.05, 3.63) is 42.0 Å². The second-order valence-corrected chi connectivity index (χ2v) is 12.0. The minimum Gasteiger partial charge on any atom is -0.496 e. The minimum absolute atomic E-state index is 0.156. The first-order valence-corrected chi connectivity index (χ1v) is 13.1. The lowest BCUT2D eigenvalue weighted by Gasteiger charge is -2.40. The molecule has 0 bridgehead atoms. The molecule has 0 radical (unpaired) electrons. The number of imidazole rings is 1. The van der Waals surface area contributed by atoms with Crippen LogP contribution in [0.4, 0.5) is 24.8 Å². The number of ether oxygens (including phenoxy) is 2. The van der Waals surface area contributed by atoms with E-state index in [1.165, 1.54) is 12.1 Å². The minimum atomic E-state index is -4.74. The molecule has 0 amide bonds. The van der Waals surface area contributed by atoms with Crippen molar-refractivity contribution in [2.45, 2.75) is 84.7 Å². The molecule has 1 saturated carbocycles. The van der Waals surface area contributed by atoms with Gasteiger partial charge in [0.1, 0.15) is 11.5 Å². The fourth-order valence-corrected chi connectivity index (χ4v) is 5.81. The van der Waals surface area contributed by atoms with Crippen molar-refractivity contribution in [3.8, 4) is 11.5 Å². The summed E-state index contributed by atoms with van der Waals surface area (Å²) in [5.74, 6) is 1.62. The highest BCUT2D eigenvalue weighted by atomic mass is 19.4. The largest absolute Gasteiger partial charge is 0.573 e. The third-order valence-corrected chi connectivity index (χ3v) is 7.17. The van der Waals surface area contributed by atoms with Crippen LogP contribution in [-0.4, -0.2) is 33.7 Å². The molecule has 1 aliphatic carbocycles. The zero-order chi connectivity index (χ0) is 27.9. The van der Waals surface area contributed by atoms with E-state index in [0.29, 0.717) is 30.4 Å². The molecule has 1 heterocycles. The van der Waals surface area contributed by atoms with Crippen LogP contribution in [0, 0.1) is 11.3 Å². The standard InChI is InChI=1S/C29H38F3N3O3/c1-18-13-21(17-27(2,3)16-18)35-24-15-25(37-6)19(11-12-28(4,5)36)14-23(24)34-26(35)33-20-7-9-22(10-8-20)38-29(30,31)32/h7-10,14-15,18,21,36H,11-13,16-17H2,1-6H3,(H,33,34)/t18-,21+/m1/s1. The molecule has 3 aromatic rings. The molecule has 1 aromatic heterocycles. The summed E-state index contributed by atoms with van der Waals surface area (Å²) in [4.78, 5) is 4.94. The maximum absolute atomic E-state index is 12.6. The molecule has 0 aliphatic heterocycles. The van der Waals surface area contributed by atoms with Gasteiger partial charge in [-0.25, -0.2) is 4.98 Å². The van der Waals surface area contributed by atoms with E-state index < -0.39 is 12.0 Å². The average molecular weight is 534 g/mol. The van der Waals surface area contributed by atoms with E-state index in [0.717, 1.165) is 41.6 Å². The van der Waals surface area contributed by atoms with Crippen LogP contribution in [0.15, 0.2) is 36.4 Å². The van der Waals surface area contributed by atoms with Gasteiger partial charge in [0, 0.05) is 17.8 Å². The third-order valence-electron chi connectivity index (χ3n) is 7.17. The SMILES string of the molecule is COc1cc2c(cc1CCC(C)(C)O)nc(Nc1ccc(OC(F)(F)F)cc1)n2[C@H]1C[C@@H](C)CC(C)(C)C1. The van der Waals surface area contributed by atoms with Crippen LogP contribution < -0.4 is 14.8 Å². The quantitative estimate of drug-likeness (QED) is 0.309. The summed E-state index contributed by atoms with van der Waals surface area (Å²) in [6, 6.07) is 9.87. The molecule has 0 spiro atoms. The van der Waals surface area contributed by atoms with Crippen molar-refractivity contribution in [1.82, 2.24) is 9.55 Å². The summed E-state index contributed by atoms with van der Waals surface area (Å²) < 4.78 is 49.8. The Balaban J connectivity index is 1.76. The van der Waals surface area contributed by atoms with Gasteiger partial charge < -0.3 is 24.5 Å². The molecule has 2 aromatic carbocycles. The van der Waals surface area contributed by atoms with Gasteiger partial charge in [-0.15, -0.1) is 13.2 Å². The molecule has 0 unspecified atom stereocenters. The van der Waals surface area contributed by atoms with E-state index in [1.54, 1.807) is 33.1 Å². The molecule has 6 nitrogen and oxygen atoms in total. The Bertz CT molecular complexity index is 1260. The van der Waals surface area contributed by atoms with E-state index in [9.17, 15) is 18.3 Å². The molecular weight excluding hydrogens is 495 g/mol. The molecule has 2 N–H and O–H groups in total. The Hall–Kier alpha value is -2.94. The van der Waals surface area contributed by atoms with Crippen LogP contribution in [0.2, 0.25) is 0 Å². The number of aryl methyl sites for hydroxylation is 1. The van der Waals surface area contributed by atoms with E-state index in [4.69, 9.17) is 9.72 Å². The Morgan fingerprint density at radius 2 is 1.82 bits per heavy atom. The number of rotatable bonds is 8. The van der Waals surface area contributed by atoms with Crippen LogP contribution in [0.1, 0.15) is 71.9 Å². The van der Waals surface area contributed by atoms with E-state index in [-0.39, 0.29) is 17.2 Å². The number of nitrogens with zero attached hydrogens (tertiary/aromatic N) is 2. The van der Waals surface area contributed by atoms with Gasteiger partial charge in [0.15, 0.2) is 0 Å². The number of aromatic nitrogens is 2. The van der Waals surface area contributed by atoms with E-state index in [1.807, 2.05) is 12.1 Å². The van der Waals surface area contributed by atoms with Crippen LogP contribution in [0.3, 0.4) is 0 Å². The van der Waals surface area contributed by atoms with Crippen molar-refractivity contribution in [2.24, 2.45) is 11.3 Å². The van der Waals surface area contributed by atoms with Crippen molar-refractivity contribution in [2.75, 3.05) is 12.4 Å². The lowest BCUT2D eigenvalue weighted by molar-refractivity contribution is -0.274. The van der Waals surface area contributed by atoms with Gasteiger partial charge >= 0.3 is 6.36 Å². The topological polar surface area (TPSA) is 68.5 Å². The number of hydrogen-bond acceptors (Lipinski definition) is 5. The van der Waals surface area contributed by atoms with Gasteiger partial charge in [0.05, 0.1) is 23.7 Å². The number of anilines is 2. The Kier molecular flexibility index (Phi) is 7.63. The van der Waals surface area contributed by atoms with Gasteiger partial charge in [-0.1, -0.05) is 20.8 Å². The predicted octanol–water partition coefficient (Wildman–Crippen LogP) is 7.78. The molecule has 0 saturated heterocycles. The third kappa shape index (κ3) is 6.92. The predicted molar refractivity (Wildman–Crippen MR) is 143 cm³/mol. The molecule has 1 aliphatic rings.